The van der Waals surface area contributed by atoms with Crippen molar-refractivity contribution >= 4 is 17.6 Å². The summed E-state index contributed by atoms with van der Waals surface area (Å²) in [6.07, 6.45) is 3.82. The number of hydrogen-bond acceptors (Lipinski definition) is 5. The summed E-state index contributed by atoms with van der Waals surface area (Å²) in [7, 11) is 0. The van der Waals surface area contributed by atoms with Crippen LogP contribution in [0.25, 0.3) is 0 Å². The summed E-state index contributed by atoms with van der Waals surface area (Å²) >= 11 is 0. The first kappa shape index (κ1) is 16.5. The Morgan fingerprint density at radius 2 is 2.14 bits per heavy atom. The normalized spacial score (nSPS) is 15.2. The Kier molecular flexibility index (Phi) is 5.94. The van der Waals surface area contributed by atoms with E-state index in [0.29, 0.717) is 12.4 Å². The zero-order chi connectivity index (χ0) is 15.9. The number of aromatic nitrogens is 1. The van der Waals surface area contributed by atoms with E-state index in [1.54, 1.807) is 11.0 Å². The van der Waals surface area contributed by atoms with E-state index in [0.717, 1.165) is 19.6 Å². The Bertz CT molecular complexity index is 481. The SMILES string of the molecule is CC(C)C(=O)N(CCN1CCCC1)CC(=O)Nc1ccon1. The Morgan fingerprint density at radius 1 is 1.41 bits per heavy atom. The number of nitrogens with zero attached hydrogens (tertiary/aromatic N) is 3. The van der Waals surface area contributed by atoms with Crippen LogP contribution in [-0.2, 0) is 9.59 Å². The maximum Gasteiger partial charge on any atom is 0.245 e. The third-order valence-electron chi connectivity index (χ3n) is 3.73. The molecule has 0 spiro atoms. The average Bonchev–Trinajstić information content (AvgIpc) is 3.15. The van der Waals surface area contributed by atoms with E-state index in [1.807, 2.05) is 13.8 Å². The van der Waals surface area contributed by atoms with Crippen LogP contribution in [0.2, 0.25) is 0 Å². The lowest BCUT2D eigenvalue weighted by Gasteiger charge is -2.26. The van der Waals surface area contributed by atoms with Gasteiger partial charge >= 0.3 is 0 Å². The molecule has 0 aliphatic carbocycles. The van der Waals surface area contributed by atoms with Crippen LogP contribution in [0.1, 0.15) is 26.7 Å². The van der Waals surface area contributed by atoms with Gasteiger partial charge in [0.15, 0.2) is 5.82 Å². The van der Waals surface area contributed by atoms with E-state index in [9.17, 15) is 9.59 Å². The van der Waals surface area contributed by atoms with Crippen molar-refractivity contribution in [3.63, 3.8) is 0 Å². The van der Waals surface area contributed by atoms with Crippen molar-refractivity contribution in [2.75, 3.05) is 38.0 Å². The molecular formula is C15H24N4O3. The smallest absolute Gasteiger partial charge is 0.245 e. The van der Waals surface area contributed by atoms with E-state index in [-0.39, 0.29) is 24.3 Å². The summed E-state index contributed by atoms with van der Waals surface area (Å²) in [6.45, 7) is 7.28. The first-order valence-corrected chi connectivity index (χ1v) is 7.77. The highest BCUT2D eigenvalue weighted by Crippen LogP contribution is 2.09. The highest BCUT2D eigenvalue weighted by molar-refractivity contribution is 5.93. The van der Waals surface area contributed by atoms with Crippen LogP contribution in [0.4, 0.5) is 5.82 Å². The summed E-state index contributed by atoms with van der Waals surface area (Å²) in [5.41, 5.74) is 0. The van der Waals surface area contributed by atoms with Gasteiger partial charge in [-0.15, -0.1) is 0 Å². The number of anilines is 1. The number of carbonyl (C=O) groups is 2. The largest absolute Gasteiger partial charge is 0.363 e. The summed E-state index contributed by atoms with van der Waals surface area (Å²) in [6, 6.07) is 1.57. The van der Waals surface area contributed by atoms with Crippen molar-refractivity contribution < 1.29 is 14.1 Å². The van der Waals surface area contributed by atoms with Crippen molar-refractivity contribution in [1.29, 1.82) is 0 Å². The molecule has 1 aliphatic heterocycles. The molecule has 1 aromatic rings. The second-order valence-electron chi connectivity index (χ2n) is 5.90. The van der Waals surface area contributed by atoms with Crippen molar-refractivity contribution in [2.45, 2.75) is 26.7 Å². The average molecular weight is 308 g/mol. The maximum atomic E-state index is 12.3. The summed E-state index contributed by atoms with van der Waals surface area (Å²) < 4.78 is 4.67. The lowest BCUT2D eigenvalue weighted by molar-refractivity contribution is -0.137. The van der Waals surface area contributed by atoms with Gasteiger partial charge in [-0.25, -0.2) is 0 Å². The van der Waals surface area contributed by atoms with E-state index >= 15 is 0 Å². The molecule has 1 fully saturated rings. The third-order valence-corrected chi connectivity index (χ3v) is 3.73. The fourth-order valence-corrected chi connectivity index (χ4v) is 2.53. The molecule has 0 aromatic carbocycles. The molecule has 1 saturated heterocycles. The third kappa shape index (κ3) is 4.84. The van der Waals surface area contributed by atoms with Crippen LogP contribution in [0.3, 0.4) is 0 Å². The molecular weight excluding hydrogens is 284 g/mol. The quantitative estimate of drug-likeness (QED) is 0.818. The molecule has 1 aliphatic rings. The molecule has 7 heteroatoms. The highest BCUT2D eigenvalue weighted by atomic mass is 16.5. The van der Waals surface area contributed by atoms with E-state index in [1.165, 1.54) is 19.1 Å². The number of amides is 2. The van der Waals surface area contributed by atoms with Gasteiger partial charge in [0.05, 0.1) is 6.54 Å². The molecule has 0 saturated carbocycles. The van der Waals surface area contributed by atoms with Gasteiger partial charge in [-0.2, -0.15) is 0 Å². The molecule has 0 atom stereocenters. The van der Waals surface area contributed by atoms with Gasteiger partial charge in [0, 0.05) is 25.1 Å². The molecule has 0 bridgehead atoms. The number of nitrogens with one attached hydrogen (secondary N) is 1. The van der Waals surface area contributed by atoms with Gasteiger partial charge in [0.2, 0.25) is 11.8 Å². The summed E-state index contributed by atoms with van der Waals surface area (Å²) in [5.74, 6) is -0.0289. The molecule has 2 heterocycles. The topological polar surface area (TPSA) is 78.7 Å². The Hall–Kier alpha value is -1.89. The minimum Gasteiger partial charge on any atom is -0.363 e. The second-order valence-corrected chi connectivity index (χ2v) is 5.90. The number of carbonyl (C=O) groups excluding carboxylic acids is 2. The fraction of sp³-hybridized carbons (Fsp3) is 0.667. The number of likely N-dealkylation sites (tertiary alicyclic amines) is 1. The van der Waals surface area contributed by atoms with E-state index < -0.39 is 0 Å². The van der Waals surface area contributed by atoms with Gasteiger partial charge in [0.1, 0.15) is 6.26 Å². The van der Waals surface area contributed by atoms with E-state index in [4.69, 9.17) is 0 Å². The van der Waals surface area contributed by atoms with Crippen molar-refractivity contribution in [2.24, 2.45) is 5.92 Å². The molecule has 122 valence electrons. The van der Waals surface area contributed by atoms with Crippen LogP contribution < -0.4 is 5.32 Å². The Morgan fingerprint density at radius 3 is 2.73 bits per heavy atom. The van der Waals surface area contributed by atoms with Gasteiger partial charge in [-0.05, 0) is 25.9 Å². The van der Waals surface area contributed by atoms with Crippen molar-refractivity contribution in [1.82, 2.24) is 15.0 Å². The fourth-order valence-electron chi connectivity index (χ4n) is 2.53. The number of hydrogen-bond donors (Lipinski definition) is 1. The maximum absolute atomic E-state index is 12.3. The molecule has 2 rings (SSSR count). The van der Waals surface area contributed by atoms with Crippen LogP contribution >= 0.6 is 0 Å². The molecule has 1 N–H and O–H groups in total. The predicted molar refractivity (Wildman–Crippen MR) is 82.2 cm³/mol. The molecule has 0 radical (unpaired) electrons. The van der Waals surface area contributed by atoms with E-state index in [2.05, 4.69) is 19.9 Å². The van der Waals surface area contributed by atoms with Crippen LogP contribution in [-0.4, -0.2) is 59.5 Å². The van der Waals surface area contributed by atoms with Gasteiger partial charge < -0.3 is 19.6 Å². The van der Waals surface area contributed by atoms with Crippen molar-refractivity contribution in [3.8, 4) is 0 Å². The minimum absolute atomic E-state index is 0.00509. The molecule has 2 amide bonds. The molecule has 1 aromatic heterocycles. The van der Waals surface area contributed by atoms with Gasteiger partial charge in [0.25, 0.3) is 0 Å². The van der Waals surface area contributed by atoms with Gasteiger partial charge in [-0.3, -0.25) is 9.59 Å². The van der Waals surface area contributed by atoms with Crippen molar-refractivity contribution in [3.05, 3.63) is 12.3 Å². The predicted octanol–water partition coefficient (Wildman–Crippen LogP) is 1.19. The zero-order valence-electron chi connectivity index (χ0n) is 13.2. The molecule has 22 heavy (non-hydrogen) atoms. The number of rotatable bonds is 7. The molecule has 7 nitrogen and oxygen atoms in total. The first-order chi connectivity index (χ1) is 10.6. The lowest BCUT2D eigenvalue weighted by Crippen LogP contribution is -2.44. The lowest BCUT2D eigenvalue weighted by atomic mass is 10.2. The monoisotopic (exact) mass is 308 g/mol. The summed E-state index contributed by atoms with van der Waals surface area (Å²) in [5, 5.41) is 6.26. The zero-order valence-corrected chi connectivity index (χ0v) is 13.2. The standard InChI is InChI=1S/C15H24N4O3/c1-12(2)15(21)19(9-8-18-6-3-4-7-18)11-14(20)16-13-5-10-22-17-13/h5,10,12H,3-4,6-9,11H2,1-2H3,(H,16,17,20). The van der Waals surface area contributed by atoms with Crippen LogP contribution in [0, 0.1) is 5.92 Å². The molecule has 0 unspecified atom stereocenters. The van der Waals surface area contributed by atoms with Gasteiger partial charge in [-0.1, -0.05) is 19.0 Å². The first-order valence-electron chi connectivity index (χ1n) is 7.77. The van der Waals surface area contributed by atoms with Crippen LogP contribution in [0.15, 0.2) is 16.9 Å². The van der Waals surface area contributed by atoms with Crippen LogP contribution in [0.5, 0.6) is 0 Å². The Labute approximate surface area is 130 Å². The minimum atomic E-state index is -0.260. The second kappa shape index (κ2) is 7.93. The summed E-state index contributed by atoms with van der Waals surface area (Å²) in [4.78, 5) is 28.3. The Balaban J connectivity index is 1.88. The highest BCUT2D eigenvalue weighted by Gasteiger charge is 2.21.